The lowest BCUT2D eigenvalue weighted by molar-refractivity contribution is -0.120. The molecule has 120 valence electrons. The molecule has 1 aliphatic rings. The van der Waals surface area contributed by atoms with Crippen LogP contribution in [0.5, 0.6) is 0 Å². The monoisotopic (exact) mass is 303 g/mol. The van der Waals surface area contributed by atoms with Gasteiger partial charge in [0, 0.05) is 26.1 Å². The van der Waals surface area contributed by atoms with Gasteiger partial charge >= 0.3 is 6.03 Å². The first-order chi connectivity index (χ1) is 10.5. The van der Waals surface area contributed by atoms with Gasteiger partial charge in [-0.2, -0.15) is 0 Å². The molecule has 0 spiro atoms. The third-order valence-corrected chi connectivity index (χ3v) is 4.00. The van der Waals surface area contributed by atoms with Gasteiger partial charge in [-0.25, -0.2) is 4.79 Å². The summed E-state index contributed by atoms with van der Waals surface area (Å²) in [5.74, 6) is -0.0455. The molecule has 0 unspecified atom stereocenters. The molecule has 1 aromatic carbocycles. The van der Waals surface area contributed by atoms with Crippen LogP contribution in [-0.2, 0) is 11.2 Å². The predicted octanol–water partition coefficient (Wildman–Crippen LogP) is 1.85. The highest BCUT2D eigenvalue weighted by molar-refractivity contribution is 5.77. The fourth-order valence-corrected chi connectivity index (χ4v) is 2.60. The van der Waals surface area contributed by atoms with Gasteiger partial charge in [0.2, 0.25) is 5.91 Å². The van der Waals surface area contributed by atoms with Crippen molar-refractivity contribution in [2.45, 2.75) is 45.7 Å². The molecule has 0 radical (unpaired) electrons. The summed E-state index contributed by atoms with van der Waals surface area (Å²) in [6.45, 7) is 6.82. The summed E-state index contributed by atoms with van der Waals surface area (Å²) < 4.78 is 0. The Morgan fingerprint density at radius 2 is 1.91 bits per heavy atom. The smallest absolute Gasteiger partial charge is 0.317 e. The molecule has 2 N–H and O–H groups in total. The number of nitrogens with one attached hydrogen (secondary N) is 2. The van der Waals surface area contributed by atoms with E-state index in [1.54, 1.807) is 4.90 Å². The quantitative estimate of drug-likeness (QED) is 0.872. The van der Waals surface area contributed by atoms with E-state index < -0.39 is 0 Å². The maximum atomic E-state index is 12.2. The van der Waals surface area contributed by atoms with E-state index in [0.29, 0.717) is 13.1 Å². The number of carbonyl (C=O) groups excluding carboxylic acids is 2. The molecule has 5 nitrogen and oxygen atoms in total. The molecule has 1 saturated heterocycles. The van der Waals surface area contributed by atoms with E-state index in [1.165, 1.54) is 18.1 Å². The minimum atomic E-state index is -0.0455. The van der Waals surface area contributed by atoms with Crippen LogP contribution in [0.15, 0.2) is 24.3 Å². The number of likely N-dealkylation sites (tertiary alicyclic amines) is 1. The van der Waals surface area contributed by atoms with E-state index in [4.69, 9.17) is 0 Å². The van der Waals surface area contributed by atoms with Crippen LogP contribution in [0.2, 0.25) is 0 Å². The molecule has 0 bridgehead atoms. The average Bonchev–Trinajstić information content (AvgIpc) is 2.43. The summed E-state index contributed by atoms with van der Waals surface area (Å²) in [5, 5.41) is 5.90. The molecule has 0 aromatic heterocycles. The Morgan fingerprint density at radius 1 is 1.27 bits per heavy atom. The number of hydrogen-bond acceptors (Lipinski definition) is 2. The van der Waals surface area contributed by atoms with Crippen LogP contribution in [0.25, 0.3) is 0 Å². The lowest BCUT2D eigenvalue weighted by Crippen LogP contribution is -2.63. The van der Waals surface area contributed by atoms with Crippen molar-refractivity contribution < 1.29 is 9.59 Å². The van der Waals surface area contributed by atoms with Crippen molar-refractivity contribution in [2.75, 3.05) is 13.1 Å². The van der Waals surface area contributed by atoms with Crippen LogP contribution in [0.4, 0.5) is 4.79 Å². The number of amides is 3. The zero-order valence-electron chi connectivity index (χ0n) is 13.6. The van der Waals surface area contributed by atoms with Gasteiger partial charge < -0.3 is 15.5 Å². The average molecular weight is 303 g/mol. The van der Waals surface area contributed by atoms with E-state index in [1.807, 2.05) is 0 Å². The molecule has 1 atom stereocenters. The Balaban J connectivity index is 1.79. The van der Waals surface area contributed by atoms with Gasteiger partial charge in [0.1, 0.15) is 0 Å². The minimum Gasteiger partial charge on any atom is -0.350 e. The first-order valence-electron chi connectivity index (χ1n) is 7.86. The van der Waals surface area contributed by atoms with Crippen LogP contribution in [0.3, 0.4) is 0 Å². The summed E-state index contributed by atoms with van der Waals surface area (Å²) in [7, 11) is 0. The molecule has 1 aromatic rings. The highest BCUT2D eigenvalue weighted by atomic mass is 16.2. The van der Waals surface area contributed by atoms with Crippen molar-refractivity contribution in [1.29, 1.82) is 0 Å². The van der Waals surface area contributed by atoms with Gasteiger partial charge in [-0.05, 0) is 25.3 Å². The summed E-state index contributed by atoms with van der Waals surface area (Å²) in [6.07, 6.45) is 1.73. The molecular weight excluding hydrogens is 278 g/mol. The fraction of sp³-hybridized carbons (Fsp3) is 0.529. The Bertz CT molecular complexity index is 521. The minimum absolute atomic E-state index is 0.0411. The number of aryl methyl sites for hydroxylation is 1. The Kier molecular flexibility index (Phi) is 5.41. The van der Waals surface area contributed by atoms with Crippen molar-refractivity contribution >= 4 is 11.9 Å². The summed E-state index contributed by atoms with van der Waals surface area (Å²) >= 11 is 0. The number of hydrogen-bond donors (Lipinski definition) is 2. The molecule has 1 fully saturated rings. The lowest BCUT2D eigenvalue weighted by Gasteiger charge is -2.40. The third kappa shape index (κ3) is 4.48. The Hall–Kier alpha value is -2.04. The van der Waals surface area contributed by atoms with E-state index in [2.05, 4.69) is 48.7 Å². The molecule has 3 amide bonds. The van der Waals surface area contributed by atoms with E-state index in [9.17, 15) is 9.59 Å². The maximum Gasteiger partial charge on any atom is 0.317 e. The molecule has 0 aliphatic carbocycles. The van der Waals surface area contributed by atoms with Gasteiger partial charge in [-0.1, -0.05) is 36.8 Å². The number of urea groups is 1. The van der Waals surface area contributed by atoms with Crippen molar-refractivity contribution in [1.82, 2.24) is 15.5 Å². The van der Waals surface area contributed by atoms with Crippen molar-refractivity contribution in [3.05, 3.63) is 35.4 Å². The number of rotatable bonds is 5. The normalized spacial score (nSPS) is 15.9. The fourth-order valence-electron chi connectivity index (χ4n) is 2.60. The van der Waals surface area contributed by atoms with Crippen LogP contribution in [0, 0.1) is 6.92 Å². The first-order valence-corrected chi connectivity index (χ1v) is 7.86. The van der Waals surface area contributed by atoms with Crippen molar-refractivity contribution in [2.24, 2.45) is 0 Å². The topological polar surface area (TPSA) is 61.4 Å². The van der Waals surface area contributed by atoms with E-state index >= 15 is 0 Å². The lowest BCUT2D eigenvalue weighted by atomic mass is 10.0. The zero-order valence-corrected chi connectivity index (χ0v) is 13.6. The second kappa shape index (κ2) is 7.29. The van der Waals surface area contributed by atoms with Crippen LogP contribution in [-0.4, -0.2) is 42.0 Å². The molecule has 22 heavy (non-hydrogen) atoms. The van der Waals surface area contributed by atoms with E-state index in [0.717, 1.165) is 12.8 Å². The standard InChI is InChI=1S/C17H25N3O2/c1-4-15(9-14-7-5-12(2)6-8-14)19-17(22)20-10-16(11-20)18-13(3)21/h5-8,15-16H,4,9-11H2,1-3H3,(H,18,21)(H,19,22)/t15-/m1/s1. The number of nitrogens with zero attached hydrogens (tertiary/aromatic N) is 1. The Morgan fingerprint density at radius 3 is 2.45 bits per heavy atom. The molecular formula is C17H25N3O2. The first kappa shape index (κ1) is 16.3. The van der Waals surface area contributed by atoms with Gasteiger partial charge in [0.25, 0.3) is 0 Å². The second-order valence-corrected chi connectivity index (χ2v) is 6.05. The maximum absolute atomic E-state index is 12.2. The van der Waals surface area contributed by atoms with Gasteiger partial charge in [0.15, 0.2) is 0 Å². The summed E-state index contributed by atoms with van der Waals surface area (Å²) in [6, 6.07) is 8.60. The van der Waals surface area contributed by atoms with Crippen LogP contribution >= 0.6 is 0 Å². The van der Waals surface area contributed by atoms with Gasteiger partial charge in [0.05, 0.1) is 6.04 Å². The highest BCUT2D eigenvalue weighted by Crippen LogP contribution is 2.11. The van der Waals surface area contributed by atoms with E-state index in [-0.39, 0.29) is 24.0 Å². The van der Waals surface area contributed by atoms with Gasteiger partial charge in [-0.3, -0.25) is 4.79 Å². The molecule has 5 heteroatoms. The largest absolute Gasteiger partial charge is 0.350 e. The van der Waals surface area contributed by atoms with Crippen LogP contribution < -0.4 is 10.6 Å². The van der Waals surface area contributed by atoms with Crippen molar-refractivity contribution in [3.8, 4) is 0 Å². The van der Waals surface area contributed by atoms with Crippen LogP contribution in [0.1, 0.15) is 31.4 Å². The molecule has 1 heterocycles. The third-order valence-electron chi connectivity index (χ3n) is 4.00. The molecule has 2 rings (SSSR count). The second-order valence-electron chi connectivity index (χ2n) is 6.05. The Labute approximate surface area is 132 Å². The van der Waals surface area contributed by atoms with Crippen molar-refractivity contribution in [3.63, 3.8) is 0 Å². The molecule has 1 aliphatic heterocycles. The summed E-state index contributed by atoms with van der Waals surface area (Å²) in [4.78, 5) is 24.9. The molecule has 0 saturated carbocycles. The summed E-state index contributed by atoms with van der Waals surface area (Å²) in [5.41, 5.74) is 2.47. The number of carbonyl (C=O) groups is 2. The highest BCUT2D eigenvalue weighted by Gasteiger charge is 2.31. The number of benzene rings is 1. The predicted molar refractivity (Wildman–Crippen MR) is 86.7 cm³/mol. The SMILES string of the molecule is CC[C@H](Cc1ccc(C)cc1)NC(=O)N1CC(NC(C)=O)C1. The van der Waals surface area contributed by atoms with Gasteiger partial charge in [-0.15, -0.1) is 0 Å². The zero-order chi connectivity index (χ0) is 16.1.